The summed E-state index contributed by atoms with van der Waals surface area (Å²) in [5.74, 6) is -7.57. The molecule has 6 nitrogen and oxygen atoms in total. The van der Waals surface area contributed by atoms with Gasteiger partial charge in [0.15, 0.2) is 29.1 Å². The molecule has 170 valence electrons. The Morgan fingerprint density at radius 3 is 2.39 bits per heavy atom. The molecule has 1 atom stereocenters. The van der Waals surface area contributed by atoms with Gasteiger partial charge in [0.1, 0.15) is 5.69 Å². The normalized spacial score (nSPS) is 15.8. The summed E-state index contributed by atoms with van der Waals surface area (Å²) in [6, 6.07) is 2.76. The summed E-state index contributed by atoms with van der Waals surface area (Å²) >= 11 is 0. The number of ether oxygens (including phenoxy) is 1. The fourth-order valence-corrected chi connectivity index (χ4v) is 4.17. The van der Waals surface area contributed by atoms with Crippen LogP contribution in [-0.4, -0.2) is 34.4 Å². The van der Waals surface area contributed by atoms with Gasteiger partial charge in [0.25, 0.3) is 11.5 Å². The van der Waals surface area contributed by atoms with Gasteiger partial charge < -0.3 is 19.6 Å². The van der Waals surface area contributed by atoms with Crippen molar-refractivity contribution in [2.45, 2.75) is 12.6 Å². The molecule has 0 saturated carbocycles. The molecule has 3 heterocycles. The Hall–Kier alpha value is -3.73. The van der Waals surface area contributed by atoms with Gasteiger partial charge in [0.05, 0.1) is 30.2 Å². The number of pyridine rings is 1. The molecule has 5 rings (SSSR count). The second kappa shape index (κ2) is 7.41. The predicted molar refractivity (Wildman–Crippen MR) is 107 cm³/mol. The van der Waals surface area contributed by atoms with Crippen LogP contribution in [0.15, 0.2) is 29.1 Å². The number of H-pyrrole nitrogens is 2. The second-order valence-electron chi connectivity index (χ2n) is 7.74. The Labute approximate surface area is 181 Å². The van der Waals surface area contributed by atoms with Crippen LogP contribution in [0.25, 0.3) is 21.7 Å². The van der Waals surface area contributed by atoms with E-state index in [1.165, 1.54) is 18.0 Å². The molecule has 2 aromatic carbocycles. The fraction of sp³-hybridized carbons (Fsp3) is 0.182. The number of likely N-dealkylation sites (N-methyl/N-ethyl adjacent to an activating group) is 1. The average Bonchev–Trinajstić information content (AvgIpc) is 3.21. The lowest BCUT2D eigenvalue weighted by Crippen LogP contribution is -2.37. The maximum absolute atomic E-state index is 14.1. The molecule has 0 fully saturated rings. The van der Waals surface area contributed by atoms with Crippen LogP contribution in [0.3, 0.4) is 0 Å². The van der Waals surface area contributed by atoms with E-state index in [1.807, 2.05) is 0 Å². The van der Waals surface area contributed by atoms with Crippen LogP contribution in [-0.2, 0) is 11.3 Å². The summed E-state index contributed by atoms with van der Waals surface area (Å²) in [4.78, 5) is 31.7. The number of halogens is 5. The Morgan fingerprint density at radius 2 is 1.67 bits per heavy atom. The molecule has 1 aliphatic heterocycles. The minimum absolute atomic E-state index is 0.0197. The number of nitrogens with zero attached hydrogens (tertiary/aromatic N) is 1. The lowest BCUT2D eigenvalue weighted by atomic mass is 9.95. The zero-order valence-corrected chi connectivity index (χ0v) is 16.9. The van der Waals surface area contributed by atoms with Gasteiger partial charge in [-0.3, -0.25) is 9.59 Å². The SMILES string of the molecule is CN(C(=O)c1cc2cc(F)c(F)c(F)c2[nH]1)[C@@H]1COCc2[nH]c(=O)c3cc(F)c(F)cc3c21. The van der Waals surface area contributed by atoms with Crippen LogP contribution in [0.5, 0.6) is 0 Å². The zero-order valence-electron chi connectivity index (χ0n) is 16.9. The Kier molecular flexibility index (Phi) is 4.74. The molecule has 2 aromatic heterocycles. The number of nitrogens with one attached hydrogen (secondary N) is 2. The first-order valence-corrected chi connectivity index (χ1v) is 9.72. The number of hydrogen-bond acceptors (Lipinski definition) is 3. The number of carbonyl (C=O) groups is 1. The number of amides is 1. The van der Waals surface area contributed by atoms with Gasteiger partial charge in [-0.15, -0.1) is 0 Å². The number of fused-ring (bicyclic) bond motifs is 4. The number of hydrogen-bond donors (Lipinski definition) is 2. The van der Waals surface area contributed by atoms with Gasteiger partial charge in [0.2, 0.25) is 0 Å². The van der Waals surface area contributed by atoms with E-state index < -0.39 is 46.6 Å². The van der Waals surface area contributed by atoms with Crippen molar-refractivity contribution in [2.75, 3.05) is 13.7 Å². The molecule has 0 radical (unpaired) electrons. The van der Waals surface area contributed by atoms with Crippen molar-refractivity contribution < 1.29 is 31.5 Å². The summed E-state index contributed by atoms with van der Waals surface area (Å²) in [7, 11) is 1.39. The van der Waals surface area contributed by atoms with Gasteiger partial charge in [-0.25, -0.2) is 22.0 Å². The topological polar surface area (TPSA) is 78.2 Å². The van der Waals surface area contributed by atoms with Gasteiger partial charge in [0, 0.05) is 23.7 Å². The van der Waals surface area contributed by atoms with Gasteiger partial charge in [-0.1, -0.05) is 0 Å². The largest absolute Gasteiger partial charge is 0.373 e. The second-order valence-corrected chi connectivity index (χ2v) is 7.74. The van der Waals surface area contributed by atoms with Crippen LogP contribution < -0.4 is 5.56 Å². The van der Waals surface area contributed by atoms with E-state index in [1.54, 1.807) is 0 Å². The van der Waals surface area contributed by atoms with E-state index in [9.17, 15) is 31.5 Å². The highest BCUT2D eigenvalue weighted by Crippen LogP contribution is 2.34. The standard InChI is InChI=1S/C22H14F5N3O3/c1-30(22(32)14-3-8-2-13(25)18(26)19(27)20(8)28-14)16-7-33-6-15-17(16)9-4-11(23)12(24)5-10(9)21(31)29-15/h2-5,16,28H,6-7H2,1H3,(H,29,31)/t16-/m1/s1. The van der Waals surface area contributed by atoms with Crippen molar-refractivity contribution >= 4 is 27.6 Å². The van der Waals surface area contributed by atoms with E-state index in [4.69, 9.17) is 4.74 Å². The third-order valence-electron chi connectivity index (χ3n) is 5.81. The minimum Gasteiger partial charge on any atom is -0.373 e. The number of aromatic amines is 2. The maximum Gasteiger partial charge on any atom is 0.270 e. The highest BCUT2D eigenvalue weighted by Gasteiger charge is 2.32. The van der Waals surface area contributed by atoms with Crippen molar-refractivity contribution in [3.8, 4) is 0 Å². The first kappa shape index (κ1) is 21.1. The summed E-state index contributed by atoms with van der Waals surface area (Å²) in [5.41, 5.74) is -0.519. The zero-order chi connectivity index (χ0) is 23.6. The van der Waals surface area contributed by atoms with Crippen LogP contribution in [0.2, 0.25) is 0 Å². The molecular formula is C22H14F5N3O3. The first-order valence-electron chi connectivity index (χ1n) is 9.72. The Balaban J connectivity index is 1.62. The highest BCUT2D eigenvalue weighted by molar-refractivity contribution is 5.98. The molecule has 1 amide bonds. The van der Waals surface area contributed by atoms with Gasteiger partial charge in [-0.2, -0.15) is 0 Å². The fourth-order valence-electron chi connectivity index (χ4n) is 4.17. The lowest BCUT2D eigenvalue weighted by molar-refractivity contribution is 0.0333. The molecule has 0 spiro atoms. The summed E-state index contributed by atoms with van der Waals surface area (Å²) in [6.07, 6.45) is 0. The summed E-state index contributed by atoms with van der Waals surface area (Å²) in [5, 5.41) is -0.0257. The van der Waals surface area contributed by atoms with Crippen molar-refractivity contribution in [1.82, 2.24) is 14.9 Å². The Morgan fingerprint density at radius 1 is 0.970 bits per heavy atom. The van der Waals surface area contributed by atoms with Crippen molar-refractivity contribution in [3.05, 3.63) is 80.7 Å². The molecule has 0 saturated heterocycles. The van der Waals surface area contributed by atoms with E-state index in [0.717, 1.165) is 18.2 Å². The number of aromatic nitrogens is 2. The third kappa shape index (κ3) is 3.18. The molecule has 0 unspecified atom stereocenters. The van der Waals surface area contributed by atoms with Crippen LogP contribution in [0.4, 0.5) is 22.0 Å². The third-order valence-corrected chi connectivity index (χ3v) is 5.81. The monoisotopic (exact) mass is 463 g/mol. The van der Waals surface area contributed by atoms with Gasteiger partial charge >= 0.3 is 0 Å². The molecule has 1 aliphatic rings. The quantitative estimate of drug-likeness (QED) is 0.348. The van der Waals surface area contributed by atoms with Crippen molar-refractivity contribution in [1.29, 1.82) is 0 Å². The maximum atomic E-state index is 14.1. The number of benzene rings is 2. The molecule has 33 heavy (non-hydrogen) atoms. The summed E-state index contributed by atoms with van der Waals surface area (Å²) < 4.78 is 74.4. The molecule has 4 aromatic rings. The minimum atomic E-state index is -1.67. The smallest absolute Gasteiger partial charge is 0.270 e. The van der Waals surface area contributed by atoms with Gasteiger partial charge in [-0.05, 0) is 29.7 Å². The van der Waals surface area contributed by atoms with E-state index >= 15 is 0 Å². The van der Waals surface area contributed by atoms with Crippen molar-refractivity contribution in [3.63, 3.8) is 0 Å². The first-order chi connectivity index (χ1) is 15.7. The number of rotatable bonds is 2. The number of carbonyl (C=O) groups excluding carboxylic acids is 1. The summed E-state index contributed by atoms with van der Waals surface area (Å²) in [6.45, 7) is -0.0541. The molecule has 11 heteroatoms. The van der Waals surface area contributed by atoms with Crippen LogP contribution in [0.1, 0.15) is 27.8 Å². The molecule has 2 N–H and O–H groups in total. The van der Waals surface area contributed by atoms with Crippen LogP contribution >= 0.6 is 0 Å². The molecule has 0 bridgehead atoms. The lowest BCUT2D eigenvalue weighted by Gasteiger charge is -2.33. The highest BCUT2D eigenvalue weighted by atomic mass is 19.2. The Bertz CT molecular complexity index is 1530. The molecular weight excluding hydrogens is 449 g/mol. The van der Waals surface area contributed by atoms with Crippen LogP contribution in [0, 0.1) is 29.1 Å². The van der Waals surface area contributed by atoms with E-state index in [2.05, 4.69) is 9.97 Å². The molecule has 0 aliphatic carbocycles. The van der Waals surface area contributed by atoms with Crippen molar-refractivity contribution in [2.24, 2.45) is 0 Å². The predicted octanol–water partition coefficient (Wildman–Crippen LogP) is 4.05. The van der Waals surface area contributed by atoms with E-state index in [-0.39, 0.29) is 40.6 Å². The van der Waals surface area contributed by atoms with E-state index in [0.29, 0.717) is 11.3 Å². The average molecular weight is 463 g/mol.